The second-order valence-electron chi connectivity index (χ2n) is 4.28. The maximum Gasteiger partial charge on any atom is 0.221 e. The third kappa shape index (κ3) is 2.50. The van der Waals surface area contributed by atoms with Crippen LogP contribution in [0.1, 0.15) is 41.9 Å². The Morgan fingerprint density at radius 2 is 2.21 bits per heavy atom. The Kier molecular flexibility index (Phi) is 3.94. The number of aromatic nitrogens is 3. The normalized spacial score (nSPS) is 10.6. The molecule has 2 aromatic heterocycles. The Hall–Kier alpha value is -2.17. The predicted molar refractivity (Wildman–Crippen MR) is 71.2 cm³/mol. The molecule has 1 N–H and O–H groups in total. The fourth-order valence-corrected chi connectivity index (χ4v) is 2.01. The van der Waals surface area contributed by atoms with E-state index in [4.69, 9.17) is 0 Å². The summed E-state index contributed by atoms with van der Waals surface area (Å²) >= 11 is 0. The summed E-state index contributed by atoms with van der Waals surface area (Å²) in [4.78, 5) is 16.4. The van der Waals surface area contributed by atoms with Crippen LogP contribution < -0.4 is 0 Å². The van der Waals surface area contributed by atoms with Crippen molar-refractivity contribution in [3.05, 3.63) is 41.3 Å². The Bertz CT molecular complexity index is 576. The standard InChI is InChI=1S/C14H17N3O2/c1-3-6-11-12(14(19)17(4-2)16-11)13(18)10-7-5-8-15-9-10/h5,7-9,19H,3-4,6H2,1-2H3. The summed E-state index contributed by atoms with van der Waals surface area (Å²) in [6.45, 7) is 4.42. The van der Waals surface area contributed by atoms with Gasteiger partial charge in [-0.3, -0.25) is 9.78 Å². The van der Waals surface area contributed by atoms with Crippen molar-refractivity contribution in [2.45, 2.75) is 33.2 Å². The highest BCUT2D eigenvalue weighted by molar-refractivity contribution is 6.11. The molecule has 0 atom stereocenters. The van der Waals surface area contributed by atoms with Crippen LogP contribution >= 0.6 is 0 Å². The van der Waals surface area contributed by atoms with Gasteiger partial charge < -0.3 is 5.11 Å². The third-order valence-corrected chi connectivity index (χ3v) is 2.94. The largest absolute Gasteiger partial charge is 0.493 e. The quantitative estimate of drug-likeness (QED) is 0.836. The van der Waals surface area contributed by atoms with Gasteiger partial charge in [-0.1, -0.05) is 13.3 Å². The van der Waals surface area contributed by atoms with Gasteiger partial charge in [-0.05, 0) is 25.5 Å². The number of rotatable bonds is 5. The van der Waals surface area contributed by atoms with E-state index in [1.165, 1.54) is 10.9 Å². The minimum absolute atomic E-state index is 0.0557. The molecule has 2 heterocycles. The summed E-state index contributed by atoms with van der Waals surface area (Å²) in [6, 6.07) is 3.39. The molecule has 2 rings (SSSR count). The van der Waals surface area contributed by atoms with Crippen molar-refractivity contribution in [2.75, 3.05) is 0 Å². The van der Waals surface area contributed by atoms with Gasteiger partial charge in [-0.25, -0.2) is 4.68 Å². The van der Waals surface area contributed by atoms with E-state index in [2.05, 4.69) is 10.1 Å². The molecule has 5 heteroatoms. The van der Waals surface area contributed by atoms with Crippen LogP contribution in [0.2, 0.25) is 0 Å². The number of pyridine rings is 1. The minimum atomic E-state index is -0.228. The van der Waals surface area contributed by atoms with Crippen molar-refractivity contribution in [3.8, 4) is 5.88 Å². The van der Waals surface area contributed by atoms with Gasteiger partial charge in [-0.2, -0.15) is 5.10 Å². The zero-order valence-electron chi connectivity index (χ0n) is 11.1. The van der Waals surface area contributed by atoms with Crippen LogP contribution in [0.3, 0.4) is 0 Å². The Morgan fingerprint density at radius 1 is 1.42 bits per heavy atom. The molecule has 0 unspecified atom stereocenters. The number of nitrogens with zero attached hydrogens (tertiary/aromatic N) is 3. The Labute approximate surface area is 111 Å². The van der Waals surface area contributed by atoms with Crippen molar-refractivity contribution < 1.29 is 9.90 Å². The molecule has 0 aromatic carbocycles. The fourth-order valence-electron chi connectivity index (χ4n) is 2.01. The molecule has 0 amide bonds. The van der Waals surface area contributed by atoms with Crippen molar-refractivity contribution in [3.63, 3.8) is 0 Å². The number of carbonyl (C=O) groups excluding carboxylic acids is 1. The maximum atomic E-state index is 12.4. The SMILES string of the molecule is CCCc1nn(CC)c(O)c1C(=O)c1cccnc1. The molecule has 0 radical (unpaired) electrons. The van der Waals surface area contributed by atoms with Crippen molar-refractivity contribution in [2.24, 2.45) is 0 Å². The van der Waals surface area contributed by atoms with E-state index in [0.29, 0.717) is 29.8 Å². The highest BCUT2D eigenvalue weighted by atomic mass is 16.3. The average Bonchev–Trinajstić information content (AvgIpc) is 2.75. The van der Waals surface area contributed by atoms with Crippen LogP contribution in [0.5, 0.6) is 5.88 Å². The first kappa shape index (κ1) is 13.3. The monoisotopic (exact) mass is 259 g/mol. The summed E-state index contributed by atoms with van der Waals surface area (Å²) in [5, 5.41) is 14.4. The van der Waals surface area contributed by atoms with Gasteiger partial charge in [0.05, 0.1) is 5.69 Å². The number of ketones is 1. The molecule has 100 valence electrons. The van der Waals surface area contributed by atoms with Gasteiger partial charge in [-0.15, -0.1) is 0 Å². The van der Waals surface area contributed by atoms with Crippen molar-refractivity contribution in [1.29, 1.82) is 0 Å². The molecule has 0 saturated heterocycles. The first-order chi connectivity index (χ1) is 9.19. The third-order valence-electron chi connectivity index (χ3n) is 2.94. The topological polar surface area (TPSA) is 68.0 Å². The first-order valence-corrected chi connectivity index (χ1v) is 6.42. The molecule has 0 aliphatic rings. The molecular formula is C14H17N3O2. The number of hydrogen-bond acceptors (Lipinski definition) is 4. The second-order valence-corrected chi connectivity index (χ2v) is 4.28. The van der Waals surface area contributed by atoms with Crippen LogP contribution in [0.4, 0.5) is 0 Å². The minimum Gasteiger partial charge on any atom is -0.493 e. The van der Waals surface area contributed by atoms with Gasteiger partial charge >= 0.3 is 0 Å². The van der Waals surface area contributed by atoms with Crippen molar-refractivity contribution in [1.82, 2.24) is 14.8 Å². The zero-order chi connectivity index (χ0) is 13.8. The number of aromatic hydroxyl groups is 1. The lowest BCUT2D eigenvalue weighted by Gasteiger charge is -2.01. The van der Waals surface area contributed by atoms with Gasteiger partial charge in [0.15, 0.2) is 0 Å². The molecule has 0 bridgehead atoms. The lowest BCUT2D eigenvalue weighted by molar-refractivity contribution is 0.103. The van der Waals surface area contributed by atoms with Crippen molar-refractivity contribution >= 4 is 5.78 Å². The molecule has 2 aromatic rings. The van der Waals surface area contributed by atoms with E-state index >= 15 is 0 Å². The molecular weight excluding hydrogens is 242 g/mol. The van der Waals surface area contributed by atoms with Crippen LogP contribution in [-0.4, -0.2) is 25.7 Å². The molecule has 0 aliphatic carbocycles. The van der Waals surface area contributed by atoms with Gasteiger partial charge in [0, 0.05) is 24.5 Å². The first-order valence-electron chi connectivity index (χ1n) is 6.42. The van der Waals surface area contributed by atoms with E-state index in [1.54, 1.807) is 18.3 Å². The lowest BCUT2D eigenvalue weighted by atomic mass is 10.0. The summed E-state index contributed by atoms with van der Waals surface area (Å²) in [5.74, 6) is -0.284. The summed E-state index contributed by atoms with van der Waals surface area (Å²) in [7, 11) is 0. The van der Waals surface area contributed by atoms with Gasteiger partial charge in [0.1, 0.15) is 5.56 Å². The smallest absolute Gasteiger partial charge is 0.221 e. The number of carbonyl (C=O) groups is 1. The predicted octanol–water partition coefficient (Wildman–Crippen LogP) is 2.19. The summed E-state index contributed by atoms with van der Waals surface area (Å²) in [6.07, 6.45) is 4.65. The molecule has 0 fully saturated rings. The molecule has 0 aliphatic heterocycles. The molecule has 0 spiro atoms. The zero-order valence-corrected chi connectivity index (χ0v) is 11.1. The maximum absolute atomic E-state index is 12.4. The lowest BCUT2D eigenvalue weighted by Crippen LogP contribution is -2.04. The highest BCUT2D eigenvalue weighted by Gasteiger charge is 2.23. The van der Waals surface area contributed by atoms with Crippen LogP contribution in [0.25, 0.3) is 0 Å². The van der Waals surface area contributed by atoms with Crippen LogP contribution in [0.15, 0.2) is 24.5 Å². The van der Waals surface area contributed by atoms with Crippen LogP contribution in [0, 0.1) is 0 Å². The van der Waals surface area contributed by atoms with Gasteiger partial charge in [0.2, 0.25) is 11.7 Å². The average molecular weight is 259 g/mol. The number of aryl methyl sites for hydroxylation is 2. The fraction of sp³-hybridized carbons (Fsp3) is 0.357. The molecule has 19 heavy (non-hydrogen) atoms. The van der Waals surface area contributed by atoms with E-state index in [-0.39, 0.29) is 11.7 Å². The second kappa shape index (κ2) is 5.65. The van der Waals surface area contributed by atoms with Crippen LogP contribution in [-0.2, 0) is 13.0 Å². The van der Waals surface area contributed by atoms with E-state index in [1.807, 2.05) is 13.8 Å². The highest BCUT2D eigenvalue weighted by Crippen LogP contribution is 2.25. The molecule has 5 nitrogen and oxygen atoms in total. The van der Waals surface area contributed by atoms with Gasteiger partial charge in [0.25, 0.3) is 0 Å². The number of hydrogen-bond donors (Lipinski definition) is 1. The Balaban J connectivity index is 2.48. The Morgan fingerprint density at radius 3 is 2.79 bits per heavy atom. The van der Waals surface area contributed by atoms with E-state index < -0.39 is 0 Å². The summed E-state index contributed by atoms with van der Waals surface area (Å²) in [5.41, 5.74) is 1.42. The molecule has 0 saturated carbocycles. The van der Waals surface area contributed by atoms with E-state index in [0.717, 1.165) is 6.42 Å². The summed E-state index contributed by atoms with van der Waals surface area (Å²) < 4.78 is 1.45. The van der Waals surface area contributed by atoms with E-state index in [9.17, 15) is 9.90 Å².